The summed E-state index contributed by atoms with van der Waals surface area (Å²) in [4.78, 5) is 38.1. The number of hydrogen-bond acceptors (Lipinski definition) is 4. The van der Waals surface area contributed by atoms with Crippen LogP contribution in [0, 0.1) is 0 Å². The van der Waals surface area contributed by atoms with E-state index < -0.39 is 18.1 Å². The fourth-order valence-corrected chi connectivity index (χ4v) is 4.47. The third-order valence-electron chi connectivity index (χ3n) is 6.25. The zero-order valence-corrected chi connectivity index (χ0v) is 19.5. The van der Waals surface area contributed by atoms with Crippen LogP contribution in [0.4, 0.5) is 4.79 Å². The van der Waals surface area contributed by atoms with E-state index in [1.807, 2.05) is 66.7 Å². The number of hydrogen-bond donors (Lipinski definition) is 2. The Kier molecular flexibility index (Phi) is 7.45. The van der Waals surface area contributed by atoms with Gasteiger partial charge in [-0.15, -0.1) is 0 Å². The Morgan fingerprint density at radius 2 is 1.49 bits per heavy atom. The summed E-state index contributed by atoms with van der Waals surface area (Å²) >= 11 is 0. The molecule has 180 valence electrons. The number of carboxylic acids is 1. The molecule has 0 saturated heterocycles. The minimum absolute atomic E-state index is 0.0474. The summed E-state index contributed by atoms with van der Waals surface area (Å²) in [7, 11) is 1.53. The Morgan fingerprint density at radius 1 is 0.914 bits per heavy atom. The van der Waals surface area contributed by atoms with Crippen LogP contribution in [0.5, 0.6) is 0 Å². The van der Waals surface area contributed by atoms with Crippen molar-refractivity contribution in [2.45, 2.75) is 24.8 Å². The summed E-state index contributed by atoms with van der Waals surface area (Å²) < 4.78 is 5.62. The summed E-state index contributed by atoms with van der Waals surface area (Å²) in [5, 5.41) is 11.7. The Balaban J connectivity index is 1.45. The first-order valence-corrected chi connectivity index (χ1v) is 11.6. The molecule has 1 unspecified atom stereocenters. The van der Waals surface area contributed by atoms with Crippen LogP contribution < -0.4 is 5.32 Å². The molecule has 0 spiro atoms. The van der Waals surface area contributed by atoms with Gasteiger partial charge in [-0.1, -0.05) is 78.9 Å². The number of carboxylic acid groups (broad SMARTS) is 1. The van der Waals surface area contributed by atoms with Crippen LogP contribution in [0.2, 0.25) is 0 Å². The number of carbonyl (C=O) groups excluding carboxylic acids is 2. The zero-order valence-electron chi connectivity index (χ0n) is 19.5. The van der Waals surface area contributed by atoms with Crippen molar-refractivity contribution in [3.8, 4) is 11.1 Å². The van der Waals surface area contributed by atoms with Gasteiger partial charge < -0.3 is 20.1 Å². The van der Waals surface area contributed by atoms with Gasteiger partial charge in [0.25, 0.3) is 0 Å². The molecule has 1 atom stereocenters. The molecule has 0 heterocycles. The van der Waals surface area contributed by atoms with Crippen molar-refractivity contribution < 1.29 is 24.2 Å². The van der Waals surface area contributed by atoms with Gasteiger partial charge in [0.05, 0.1) is 6.42 Å². The first-order chi connectivity index (χ1) is 16.9. The van der Waals surface area contributed by atoms with Gasteiger partial charge in [0.15, 0.2) is 0 Å². The van der Waals surface area contributed by atoms with Crippen molar-refractivity contribution in [2.24, 2.45) is 0 Å². The molecule has 0 fully saturated rings. The minimum atomic E-state index is -0.992. The Hall–Kier alpha value is -4.13. The number of nitrogens with one attached hydrogen (secondary N) is 1. The predicted molar refractivity (Wildman–Crippen MR) is 132 cm³/mol. The molecule has 0 radical (unpaired) electrons. The minimum Gasteiger partial charge on any atom is -0.481 e. The van der Waals surface area contributed by atoms with E-state index in [1.54, 1.807) is 0 Å². The quantitative estimate of drug-likeness (QED) is 0.490. The largest absolute Gasteiger partial charge is 0.481 e. The van der Waals surface area contributed by atoms with Crippen LogP contribution >= 0.6 is 0 Å². The standard InChI is InChI=1S/C28H28N2O5/c1-30(16-15-26(31)32)27(33)25(17-19-9-3-2-4-10-19)29-28(34)35-18-24-22-13-7-5-11-20(22)21-12-6-8-14-23(21)24/h2-14,24-25H,15-18H2,1H3,(H,29,34)(H,31,32). The summed E-state index contributed by atoms with van der Waals surface area (Å²) in [6.07, 6.45) is -0.597. The summed E-state index contributed by atoms with van der Waals surface area (Å²) in [5.41, 5.74) is 5.35. The maximum Gasteiger partial charge on any atom is 0.407 e. The Morgan fingerprint density at radius 3 is 2.09 bits per heavy atom. The van der Waals surface area contributed by atoms with Crippen molar-refractivity contribution in [1.82, 2.24) is 10.2 Å². The first-order valence-electron chi connectivity index (χ1n) is 11.6. The molecule has 4 rings (SSSR count). The number of ether oxygens (including phenoxy) is 1. The average molecular weight is 473 g/mol. The molecule has 7 nitrogen and oxygen atoms in total. The van der Waals surface area contributed by atoms with E-state index in [4.69, 9.17) is 9.84 Å². The Labute approximate surface area is 204 Å². The van der Waals surface area contributed by atoms with Crippen LogP contribution in [-0.2, 0) is 20.7 Å². The number of nitrogens with zero attached hydrogens (tertiary/aromatic N) is 1. The van der Waals surface area contributed by atoms with Crippen LogP contribution in [0.25, 0.3) is 11.1 Å². The molecule has 1 aliphatic rings. The number of aliphatic carboxylic acids is 1. The molecule has 0 saturated carbocycles. The summed E-state index contributed by atoms with van der Waals surface area (Å²) in [6, 6.07) is 24.6. The van der Waals surface area contributed by atoms with Crippen molar-refractivity contribution in [2.75, 3.05) is 20.2 Å². The maximum atomic E-state index is 13.0. The number of likely N-dealkylation sites (N-methyl/N-ethyl adjacent to an activating group) is 1. The molecule has 0 aromatic heterocycles. The molecular formula is C28H28N2O5. The lowest BCUT2D eigenvalue weighted by Crippen LogP contribution is -2.49. The number of amides is 2. The second kappa shape index (κ2) is 10.9. The Bertz CT molecular complexity index is 1170. The van der Waals surface area contributed by atoms with Gasteiger partial charge in [-0.05, 0) is 27.8 Å². The van der Waals surface area contributed by atoms with Crippen LogP contribution in [0.15, 0.2) is 78.9 Å². The molecule has 3 aromatic carbocycles. The van der Waals surface area contributed by atoms with E-state index in [0.29, 0.717) is 0 Å². The third-order valence-corrected chi connectivity index (χ3v) is 6.25. The highest BCUT2D eigenvalue weighted by molar-refractivity contribution is 5.86. The number of fused-ring (bicyclic) bond motifs is 3. The van der Waals surface area contributed by atoms with Gasteiger partial charge in [-0.2, -0.15) is 0 Å². The fraction of sp³-hybridized carbons (Fsp3) is 0.250. The van der Waals surface area contributed by atoms with Crippen LogP contribution in [-0.4, -0.2) is 54.2 Å². The summed E-state index contributed by atoms with van der Waals surface area (Å²) in [6.45, 7) is 0.187. The fourth-order valence-electron chi connectivity index (χ4n) is 4.47. The van der Waals surface area contributed by atoms with Gasteiger partial charge in [-0.3, -0.25) is 9.59 Å². The molecule has 2 N–H and O–H groups in total. The number of benzene rings is 3. The molecule has 35 heavy (non-hydrogen) atoms. The van der Waals surface area contributed by atoms with Crippen molar-refractivity contribution in [3.63, 3.8) is 0 Å². The highest BCUT2D eigenvalue weighted by Crippen LogP contribution is 2.44. The van der Waals surface area contributed by atoms with Crippen molar-refractivity contribution >= 4 is 18.0 Å². The van der Waals surface area contributed by atoms with Gasteiger partial charge in [0.1, 0.15) is 12.6 Å². The number of alkyl carbamates (subject to hydrolysis) is 1. The van der Waals surface area contributed by atoms with Crippen LogP contribution in [0.1, 0.15) is 29.0 Å². The van der Waals surface area contributed by atoms with E-state index in [1.165, 1.54) is 11.9 Å². The van der Waals surface area contributed by atoms with E-state index >= 15 is 0 Å². The maximum absolute atomic E-state index is 13.0. The number of rotatable bonds is 9. The topological polar surface area (TPSA) is 95.9 Å². The number of carbonyl (C=O) groups is 3. The molecule has 7 heteroatoms. The lowest BCUT2D eigenvalue weighted by atomic mass is 9.98. The molecule has 2 amide bonds. The normalized spacial score (nSPS) is 12.8. The van der Waals surface area contributed by atoms with Gasteiger partial charge >= 0.3 is 12.1 Å². The van der Waals surface area contributed by atoms with Crippen LogP contribution in [0.3, 0.4) is 0 Å². The van der Waals surface area contributed by atoms with Gasteiger partial charge in [-0.25, -0.2) is 4.79 Å². The lowest BCUT2D eigenvalue weighted by Gasteiger charge is -2.24. The highest BCUT2D eigenvalue weighted by Gasteiger charge is 2.30. The van der Waals surface area contributed by atoms with Gasteiger partial charge in [0, 0.05) is 25.9 Å². The van der Waals surface area contributed by atoms with Gasteiger partial charge in [0.2, 0.25) is 5.91 Å². The van der Waals surface area contributed by atoms with Crippen molar-refractivity contribution in [3.05, 3.63) is 95.6 Å². The third kappa shape index (κ3) is 5.69. The molecular weight excluding hydrogens is 444 g/mol. The zero-order chi connectivity index (χ0) is 24.8. The smallest absolute Gasteiger partial charge is 0.407 e. The summed E-state index contributed by atoms with van der Waals surface area (Å²) in [5.74, 6) is -1.45. The first kappa shape index (κ1) is 24.0. The second-order valence-corrected chi connectivity index (χ2v) is 8.62. The lowest BCUT2D eigenvalue weighted by molar-refractivity contribution is -0.138. The monoisotopic (exact) mass is 472 g/mol. The SMILES string of the molecule is CN(CCC(=O)O)C(=O)C(Cc1ccccc1)NC(=O)OCC1c2ccccc2-c2ccccc21. The predicted octanol–water partition coefficient (Wildman–Crippen LogP) is 4.07. The van der Waals surface area contributed by atoms with E-state index in [9.17, 15) is 14.4 Å². The molecule has 1 aliphatic carbocycles. The average Bonchev–Trinajstić information content (AvgIpc) is 3.19. The second-order valence-electron chi connectivity index (χ2n) is 8.62. The highest BCUT2D eigenvalue weighted by atomic mass is 16.5. The van der Waals surface area contributed by atoms with E-state index in [-0.39, 0.29) is 37.8 Å². The van der Waals surface area contributed by atoms with E-state index in [2.05, 4.69) is 17.4 Å². The molecule has 3 aromatic rings. The molecule has 0 aliphatic heterocycles. The van der Waals surface area contributed by atoms with E-state index in [0.717, 1.165) is 27.8 Å². The van der Waals surface area contributed by atoms with Crippen molar-refractivity contribution in [1.29, 1.82) is 0 Å². The molecule has 0 bridgehead atoms.